The van der Waals surface area contributed by atoms with Crippen molar-refractivity contribution in [1.82, 2.24) is 9.29 Å². The maximum absolute atomic E-state index is 11.8. The highest BCUT2D eigenvalue weighted by Crippen LogP contribution is 2.22. The molecule has 2 rings (SSSR count). The van der Waals surface area contributed by atoms with Gasteiger partial charge in [-0.1, -0.05) is 0 Å². The Bertz CT molecular complexity index is 478. The van der Waals surface area contributed by atoms with Crippen LogP contribution >= 0.6 is 0 Å². The van der Waals surface area contributed by atoms with Crippen LogP contribution in [0.5, 0.6) is 0 Å². The zero-order chi connectivity index (χ0) is 12.5. The highest BCUT2D eigenvalue weighted by atomic mass is 32.2. The van der Waals surface area contributed by atoms with E-state index in [0.717, 1.165) is 5.82 Å². The van der Waals surface area contributed by atoms with Crippen LogP contribution in [-0.4, -0.2) is 37.8 Å². The summed E-state index contributed by atoms with van der Waals surface area (Å²) in [7, 11) is -0.351. The molecule has 1 aliphatic rings. The quantitative estimate of drug-likeness (QED) is 0.880. The van der Waals surface area contributed by atoms with Crippen molar-refractivity contribution in [1.29, 1.82) is 0 Å². The highest BCUT2D eigenvalue weighted by molar-refractivity contribution is 7.89. The van der Waals surface area contributed by atoms with Crippen molar-refractivity contribution < 1.29 is 8.42 Å². The fraction of sp³-hybridized carbons (Fsp3) is 0.545. The molecular weight excluding hydrogens is 238 g/mol. The van der Waals surface area contributed by atoms with Crippen molar-refractivity contribution in [2.24, 2.45) is 0 Å². The largest absolute Gasteiger partial charge is 0.367 e. The Balaban J connectivity index is 2.12. The van der Waals surface area contributed by atoms with E-state index >= 15 is 0 Å². The molecule has 0 unspecified atom stereocenters. The summed E-state index contributed by atoms with van der Waals surface area (Å²) in [5.41, 5.74) is 0. The van der Waals surface area contributed by atoms with Gasteiger partial charge in [0.1, 0.15) is 10.7 Å². The summed E-state index contributed by atoms with van der Waals surface area (Å²) in [6, 6.07) is 3.80. The fourth-order valence-electron chi connectivity index (χ4n) is 1.59. The molecule has 0 aliphatic heterocycles. The van der Waals surface area contributed by atoms with Crippen molar-refractivity contribution in [3.05, 3.63) is 18.3 Å². The molecule has 0 bridgehead atoms. The second kappa shape index (κ2) is 4.62. The van der Waals surface area contributed by atoms with Crippen molar-refractivity contribution in [2.45, 2.75) is 30.2 Å². The minimum atomic E-state index is -3.37. The van der Waals surface area contributed by atoms with Crippen LogP contribution < -0.4 is 5.32 Å². The number of aromatic nitrogens is 1. The minimum Gasteiger partial charge on any atom is -0.367 e. The Kier molecular flexibility index (Phi) is 3.35. The van der Waals surface area contributed by atoms with Crippen molar-refractivity contribution in [2.75, 3.05) is 19.4 Å². The zero-order valence-corrected chi connectivity index (χ0v) is 10.9. The van der Waals surface area contributed by atoms with Crippen LogP contribution in [0.3, 0.4) is 0 Å². The summed E-state index contributed by atoms with van der Waals surface area (Å²) >= 11 is 0. The maximum atomic E-state index is 11.8. The summed E-state index contributed by atoms with van der Waals surface area (Å²) in [5, 5.41) is 3.27. The van der Waals surface area contributed by atoms with E-state index in [9.17, 15) is 8.42 Å². The molecule has 0 amide bonds. The summed E-state index contributed by atoms with van der Waals surface area (Å²) < 4.78 is 24.8. The van der Waals surface area contributed by atoms with E-state index in [1.807, 2.05) is 0 Å². The van der Waals surface area contributed by atoms with Gasteiger partial charge in [-0.3, -0.25) is 0 Å². The molecule has 1 aliphatic carbocycles. The molecule has 6 heteroatoms. The number of rotatable bonds is 4. The lowest BCUT2D eigenvalue weighted by atomic mass is 9.93. The third-order valence-corrected chi connectivity index (χ3v) is 4.77. The molecule has 1 heterocycles. The molecule has 94 valence electrons. The van der Waals surface area contributed by atoms with E-state index in [0.29, 0.717) is 6.04 Å². The Morgan fingerprint density at radius 2 is 2.06 bits per heavy atom. The molecule has 17 heavy (non-hydrogen) atoms. The number of nitrogens with one attached hydrogen (secondary N) is 1. The monoisotopic (exact) mass is 255 g/mol. The molecule has 5 nitrogen and oxygen atoms in total. The summed E-state index contributed by atoms with van der Waals surface area (Å²) in [5.74, 6) is 0.743. The Morgan fingerprint density at radius 1 is 1.35 bits per heavy atom. The number of hydrogen-bond acceptors (Lipinski definition) is 4. The van der Waals surface area contributed by atoms with E-state index in [4.69, 9.17) is 0 Å². The molecule has 1 saturated carbocycles. The van der Waals surface area contributed by atoms with Crippen LogP contribution in [0, 0.1) is 0 Å². The van der Waals surface area contributed by atoms with Crippen molar-refractivity contribution in [3.8, 4) is 0 Å². The van der Waals surface area contributed by atoms with E-state index in [2.05, 4.69) is 10.3 Å². The fourth-order valence-corrected chi connectivity index (χ4v) is 2.44. The Hall–Kier alpha value is -1.14. The second-order valence-corrected chi connectivity index (χ2v) is 6.59. The number of anilines is 1. The standard InChI is InChI=1S/C11H17N3O2S/c1-14(2)17(15,16)10-6-7-11(12-8-10)13-9-4-3-5-9/h6-9H,3-5H2,1-2H3,(H,12,13). The van der Waals surface area contributed by atoms with Gasteiger partial charge in [-0.25, -0.2) is 17.7 Å². The first-order valence-electron chi connectivity index (χ1n) is 5.65. The van der Waals surface area contributed by atoms with E-state index < -0.39 is 10.0 Å². The average molecular weight is 255 g/mol. The van der Waals surface area contributed by atoms with Gasteiger partial charge in [0, 0.05) is 26.3 Å². The lowest BCUT2D eigenvalue weighted by Crippen LogP contribution is -2.27. The normalized spacial score (nSPS) is 16.9. The van der Waals surface area contributed by atoms with Gasteiger partial charge in [-0.15, -0.1) is 0 Å². The molecule has 0 aromatic carbocycles. The first-order chi connectivity index (χ1) is 8.00. The third-order valence-electron chi connectivity index (χ3n) is 2.97. The number of nitrogens with zero attached hydrogens (tertiary/aromatic N) is 2. The van der Waals surface area contributed by atoms with Gasteiger partial charge < -0.3 is 5.32 Å². The number of hydrogen-bond donors (Lipinski definition) is 1. The first kappa shape index (κ1) is 12.3. The second-order valence-electron chi connectivity index (χ2n) is 4.44. The van der Waals surface area contributed by atoms with Crippen LogP contribution in [0.1, 0.15) is 19.3 Å². The van der Waals surface area contributed by atoms with Crippen molar-refractivity contribution in [3.63, 3.8) is 0 Å². The van der Waals surface area contributed by atoms with E-state index in [1.165, 1.54) is 43.9 Å². The van der Waals surface area contributed by atoms with Gasteiger partial charge in [0.05, 0.1) is 0 Å². The van der Waals surface area contributed by atoms with Crippen LogP contribution in [0.15, 0.2) is 23.2 Å². The highest BCUT2D eigenvalue weighted by Gasteiger charge is 2.19. The Labute approximate surface area is 102 Å². The first-order valence-corrected chi connectivity index (χ1v) is 7.09. The van der Waals surface area contributed by atoms with Crippen LogP contribution in [0.2, 0.25) is 0 Å². The molecule has 0 radical (unpaired) electrons. The van der Waals surface area contributed by atoms with Gasteiger partial charge in [0.25, 0.3) is 0 Å². The van der Waals surface area contributed by atoms with Gasteiger partial charge in [-0.05, 0) is 31.4 Å². The van der Waals surface area contributed by atoms with E-state index in [-0.39, 0.29) is 4.90 Å². The summed E-state index contributed by atoms with van der Waals surface area (Å²) in [4.78, 5) is 4.36. The van der Waals surface area contributed by atoms with Gasteiger partial charge in [-0.2, -0.15) is 0 Å². The molecular formula is C11H17N3O2S. The zero-order valence-electron chi connectivity index (χ0n) is 10.0. The lowest BCUT2D eigenvalue weighted by molar-refractivity contribution is 0.444. The maximum Gasteiger partial charge on any atom is 0.244 e. The topological polar surface area (TPSA) is 62.3 Å². The summed E-state index contributed by atoms with van der Waals surface area (Å²) in [6.45, 7) is 0. The molecule has 1 aromatic heterocycles. The predicted molar refractivity (Wildman–Crippen MR) is 66.4 cm³/mol. The average Bonchev–Trinajstić information content (AvgIpc) is 2.24. The van der Waals surface area contributed by atoms with E-state index in [1.54, 1.807) is 12.1 Å². The minimum absolute atomic E-state index is 0.224. The SMILES string of the molecule is CN(C)S(=O)(=O)c1ccc(NC2CCC2)nc1. The number of pyridine rings is 1. The van der Waals surface area contributed by atoms with Gasteiger partial charge in [0.15, 0.2) is 0 Å². The molecule has 1 aromatic rings. The molecule has 0 saturated heterocycles. The van der Waals surface area contributed by atoms with Gasteiger partial charge in [0.2, 0.25) is 10.0 Å². The van der Waals surface area contributed by atoms with Crippen LogP contribution in [0.4, 0.5) is 5.82 Å². The smallest absolute Gasteiger partial charge is 0.244 e. The van der Waals surface area contributed by atoms with Gasteiger partial charge >= 0.3 is 0 Å². The summed E-state index contributed by atoms with van der Waals surface area (Å²) in [6.07, 6.45) is 4.99. The number of sulfonamides is 1. The third kappa shape index (κ3) is 2.58. The predicted octanol–water partition coefficient (Wildman–Crippen LogP) is 1.30. The molecule has 0 spiro atoms. The molecule has 1 fully saturated rings. The Morgan fingerprint density at radius 3 is 2.47 bits per heavy atom. The van der Waals surface area contributed by atoms with Crippen LogP contribution in [0.25, 0.3) is 0 Å². The lowest BCUT2D eigenvalue weighted by Gasteiger charge is -2.26. The van der Waals surface area contributed by atoms with Crippen molar-refractivity contribution >= 4 is 15.8 Å². The van der Waals surface area contributed by atoms with Crippen LogP contribution in [-0.2, 0) is 10.0 Å². The molecule has 1 N–H and O–H groups in total. The molecule has 0 atom stereocenters.